The lowest BCUT2D eigenvalue weighted by Crippen LogP contribution is -2.02. The molecule has 0 unspecified atom stereocenters. The summed E-state index contributed by atoms with van der Waals surface area (Å²) in [4.78, 5) is 14.8. The lowest BCUT2D eigenvalue weighted by molar-refractivity contribution is -0.388. The number of nitrogens with one attached hydrogen (secondary N) is 1. The van der Waals surface area contributed by atoms with E-state index in [1.54, 1.807) is 6.07 Å². The fourth-order valence-electron chi connectivity index (χ4n) is 1.35. The minimum atomic E-state index is -0.375. The minimum absolute atomic E-state index is 0.0883. The first kappa shape index (κ1) is 14.8. The van der Waals surface area contributed by atoms with Crippen molar-refractivity contribution < 1.29 is 4.92 Å². The molecule has 5 nitrogen and oxygen atoms in total. The highest BCUT2D eigenvalue weighted by Gasteiger charge is 2.16. The van der Waals surface area contributed by atoms with Gasteiger partial charge in [-0.25, -0.2) is 4.98 Å². The topological polar surface area (TPSA) is 68.1 Å². The predicted octanol–water partition coefficient (Wildman–Crippen LogP) is 3.56. The first-order chi connectivity index (χ1) is 8.54. The van der Waals surface area contributed by atoms with Crippen LogP contribution in [-0.4, -0.2) is 22.2 Å². The van der Waals surface area contributed by atoms with Gasteiger partial charge in [-0.15, -0.1) is 0 Å². The van der Waals surface area contributed by atoms with E-state index in [2.05, 4.69) is 24.1 Å². The van der Waals surface area contributed by atoms with Crippen molar-refractivity contribution >= 4 is 23.3 Å². The zero-order valence-electron chi connectivity index (χ0n) is 11.0. The number of nitrogens with zero attached hydrogens (tertiary/aromatic N) is 2. The Bertz CT molecular complexity index is 410. The Morgan fingerprint density at radius 1 is 1.50 bits per heavy atom. The maximum Gasteiger partial charge on any atom is 0.301 e. The average molecular weight is 269 g/mol. The van der Waals surface area contributed by atoms with E-state index < -0.39 is 0 Å². The Hall–Kier alpha value is -1.30. The van der Waals surface area contributed by atoms with E-state index in [9.17, 15) is 10.1 Å². The third-order valence-electron chi connectivity index (χ3n) is 2.33. The van der Waals surface area contributed by atoms with Crippen molar-refractivity contribution in [2.75, 3.05) is 17.6 Å². The molecular formula is C12H19N3O2S. The molecule has 0 saturated carbocycles. The van der Waals surface area contributed by atoms with Crippen LogP contribution in [0.2, 0.25) is 0 Å². The second kappa shape index (κ2) is 7.20. The number of thioether (sulfide) groups is 1. The molecule has 1 N–H and O–H groups in total. The van der Waals surface area contributed by atoms with Crippen LogP contribution in [-0.2, 0) is 0 Å². The standard InChI is InChI=1S/C12H19N3O2S/c1-4-13-11-6-5-10(15(16)17)12(14-11)18-8-7-9(2)3/h5-6,9H,4,7-8H2,1-3H3,(H,13,14). The van der Waals surface area contributed by atoms with Crippen LogP contribution in [0.3, 0.4) is 0 Å². The summed E-state index contributed by atoms with van der Waals surface area (Å²) in [6.45, 7) is 6.99. The fourth-order valence-corrected chi connectivity index (χ4v) is 2.59. The molecule has 0 spiro atoms. The number of hydrogen-bond donors (Lipinski definition) is 1. The Kier molecular flexibility index (Phi) is 5.91. The van der Waals surface area contributed by atoms with Gasteiger partial charge in [-0.2, -0.15) is 0 Å². The van der Waals surface area contributed by atoms with Gasteiger partial charge in [0.25, 0.3) is 0 Å². The van der Waals surface area contributed by atoms with E-state index in [1.165, 1.54) is 17.8 Å². The largest absolute Gasteiger partial charge is 0.370 e. The normalized spacial score (nSPS) is 10.7. The molecule has 1 aromatic rings. The molecule has 0 bridgehead atoms. The van der Waals surface area contributed by atoms with E-state index in [4.69, 9.17) is 0 Å². The van der Waals surface area contributed by atoms with Crippen LogP contribution in [0.4, 0.5) is 11.5 Å². The van der Waals surface area contributed by atoms with Gasteiger partial charge in [0, 0.05) is 12.6 Å². The van der Waals surface area contributed by atoms with Gasteiger partial charge in [0.15, 0.2) is 5.03 Å². The van der Waals surface area contributed by atoms with Crippen molar-refractivity contribution in [1.82, 2.24) is 4.98 Å². The summed E-state index contributed by atoms with van der Waals surface area (Å²) >= 11 is 1.45. The smallest absolute Gasteiger partial charge is 0.301 e. The third-order valence-corrected chi connectivity index (χ3v) is 3.34. The molecule has 6 heteroatoms. The second-order valence-corrected chi connectivity index (χ2v) is 5.42. The fraction of sp³-hybridized carbons (Fsp3) is 0.583. The summed E-state index contributed by atoms with van der Waals surface area (Å²) in [7, 11) is 0. The second-order valence-electron chi connectivity index (χ2n) is 4.34. The summed E-state index contributed by atoms with van der Waals surface area (Å²) in [6, 6.07) is 3.16. The molecule has 0 atom stereocenters. The summed E-state index contributed by atoms with van der Waals surface area (Å²) in [6.07, 6.45) is 1.02. The van der Waals surface area contributed by atoms with Gasteiger partial charge >= 0.3 is 5.69 Å². The quantitative estimate of drug-likeness (QED) is 0.465. The molecule has 0 radical (unpaired) electrons. The van der Waals surface area contributed by atoms with E-state index in [1.807, 2.05) is 6.92 Å². The van der Waals surface area contributed by atoms with Gasteiger partial charge in [-0.05, 0) is 31.1 Å². The Balaban J connectivity index is 2.82. The van der Waals surface area contributed by atoms with Crippen molar-refractivity contribution in [3.05, 3.63) is 22.2 Å². The van der Waals surface area contributed by atoms with Crippen LogP contribution in [0.5, 0.6) is 0 Å². The molecule has 1 aromatic heterocycles. The molecule has 0 aliphatic heterocycles. The molecule has 1 rings (SSSR count). The summed E-state index contributed by atoms with van der Waals surface area (Å²) < 4.78 is 0. The number of pyridine rings is 1. The van der Waals surface area contributed by atoms with Gasteiger partial charge in [0.05, 0.1) is 4.92 Å². The van der Waals surface area contributed by atoms with Crippen LogP contribution < -0.4 is 5.32 Å². The van der Waals surface area contributed by atoms with Crippen molar-refractivity contribution in [2.45, 2.75) is 32.2 Å². The summed E-state index contributed by atoms with van der Waals surface area (Å²) in [5.74, 6) is 2.13. The first-order valence-corrected chi connectivity index (χ1v) is 7.05. The monoisotopic (exact) mass is 269 g/mol. The molecule has 0 saturated heterocycles. The van der Waals surface area contributed by atoms with E-state index in [0.717, 1.165) is 18.7 Å². The Morgan fingerprint density at radius 2 is 2.22 bits per heavy atom. The van der Waals surface area contributed by atoms with E-state index in [0.29, 0.717) is 16.8 Å². The van der Waals surface area contributed by atoms with Gasteiger partial charge < -0.3 is 5.32 Å². The molecule has 0 aliphatic carbocycles. The molecule has 0 aliphatic rings. The maximum atomic E-state index is 10.9. The maximum absolute atomic E-state index is 10.9. The van der Waals surface area contributed by atoms with Crippen molar-refractivity contribution in [3.63, 3.8) is 0 Å². The highest BCUT2D eigenvalue weighted by Crippen LogP contribution is 2.29. The zero-order chi connectivity index (χ0) is 13.5. The lowest BCUT2D eigenvalue weighted by atomic mass is 10.2. The van der Waals surface area contributed by atoms with Gasteiger partial charge in [-0.1, -0.05) is 25.6 Å². The highest BCUT2D eigenvalue weighted by molar-refractivity contribution is 7.99. The molecule has 18 heavy (non-hydrogen) atoms. The minimum Gasteiger partial charge on any atom is -0.370 e. The van der Waals surface area contributed by atoms with Crippen molar-refractivity contribution in [2.24, 2.45) is 5.92 Å². The predicted molar refractivity (Wildman–Crippen MR) is 75.2 cm³/mol. The molecular weight excluding hydrogens is 250 g/mol. The number of aromatic nitrogens is 1. The average Bonchev–Trinajstić information content (AvgIpc) is 2.29. The van der Waals surface area contributed by atoms with Crippen LogP contribution in [0, 0.1) is 16.0 Å². The van der Waals surface area contributed by atoms with Crippen LogP contribution in [0.15, 0.2) is 17.2 Å². The lowest BCUT2D eigenvalue weighted by Gasteiger charge is -2.07. The van der Waals surface area contributed by atoms with Crippen LogP contribution >= 0.6 is 11.8 Å². The number of hydrogen-bond acceptors (Lipinski definition) is 5. The molecule has 100 valence electrons. The summed E-state index contributed by atoms with van der Waals surface area (Å²) in [5.41, 5.74) is 0.0883. The van der Waals surface area contributed by atoms with Gasteiger partial charge in [0.1, 0.15) is 5.82 Å². The molecule has 0 fully saturated rings. The molecule has 1 heterocycles. The van der Waals surface area contributed by atoms with Crippen molar-refractivity contribution in [3.8, 4) is 0 Å². The van der Waals surface area contributed by atoms with Crippen molar-refractivity contribution in [1.29, 1.82) is 0 Å². The molecule has 0 aromatic carbocycles. The van der Waals surface area contributed by atoms with Gasteiger partial charge in [-0.3, -0.25) is 10.1 Å². The Morgan fingerprint density at radius 3 is 2.78 bits per heavy atom. The van der Waals surface area contributed by atoms with E-state index in [-0.39, 0.29) is 10.6 Å². The molecule has 0 amide bonds. The summed E-state index contributed by atoms with van der Waals surface area (Å²) in [5, 5.41) is 14.5. The highest BCUT2D eigenvalue weighted by atomic mass is 32.2. The SMILES string of the molecule is CCNc1ccc([N+](=O)[O-])c(SCCC(C)C)n1. The number of nitro groups is 1. The van der Waals surface area contributed by atoms with E-state index >= 15 is 0 Å². The third kappa shape index (κ3) is 4.52. The number of anilines is 1. The van der Waals surface area contributed by atoms with Crippen LogP contribution in [0.25, 0.3) is 0 Å². The number of rotatable bonds is 7. The Labute approximate surface area is 112 Å². The first-order valence-electron chi connectivity index (χ1n) is 6.06. The van der Waals surface area contributed by atoms with Gasteiger partial charge in [0.2, 0.25) is 0 Å². The van der Waals surface area contributed by atoms with Crippen LogP contribution in [0.1, 0.15) is 27.2 Å². The zero-order valence-corrected chi connectivity index (χ0v) is 11.8.